The van der Waals surface area contributed by atoms with E-state index in [0.29, 0.717) is 17.4 Å². The van der Waals surface area contributed by atoms with Gasteiger partial charge < -0.3 is 4.74 Å². The third kappa shape index (κ3) is 2.95. The standard InChI is InChI=1S/C15H17N5O3S/c1-4-11-9-14(20-15(18-11)16-10-17-20)23-12-5-7-13(8-6-12)24(21,22)19(2)3/h5-10H,4H2,1-3H3. The van der Waals surface area contributed by atoms with Crippen LogP contribution in [0.5, 0.6) is 11.6 Å². The Labute approximate surface area is 139 Å². The van der Waals surface area contributed by atoms with Crippen LogP contribution in [-0.2, 0) is 16.4 Å². The molecule has 0 N–H and O–H groups in total. The lowest BCUT2D eigenvalue weighted by molar-refractivity contribution is 0.444. The number of fused-ring (bicyclic) bond motifs is 1. The molecule has 0 unspecified atom stereocenters. The van der Waals surface area contributed by atoms with Gasteiger partial charge in [0.15, 0.2) is 0 Å². The molecule has 1 aromatic carbocycles. The van der Waals surface area contributed by atoms with Crippen molar-refractivity contribution in [3.05, 3.63) is 42.4 Å². The second-order valence-corrected chi connectivity index (χ2v) is 7.42. The van der Waals surface area contributed by atoms with Crippen molar-refractivity contribution in [1.29, 1.82) is 0 Å². The van der Waals surface area contributed by atoms with E-state index in [1.54, 1.807) is 18.2 Å². The van der Waals surface area contributed by atoms with Gasteiger partial charge in [-0.05, 0) is 30.7 Å². The van der Waals surface area contributed by atoms with Crippen LogP contribution < -0.4 is 4.74 Å². The SMILES string of the molecule is CCc1cc(Oc2ccc(S(=O)(=O)N(C)C)cc2)n2ncnc2n1. The molecule has 9 heteroatoms. The molecule has 0 saturated heterocycles. The number of benzene rings is 1. The van der Waals surface area contributed by atoms with Crippen LogP contribution in [0.25, 0.3) is 5.78 Å². The molecule has 8 nitrogen and oxygen atoms in total. The monoisotopic (exact) mass is 347 g/mol. The van der Waals surface area contributed by atoms with E-state index < -0.39 is 10.0 Å². The summed E-state index contributed by atoms with van der Waals surface area (Å²) < 4.78 is 32.6. The van der Waals surface area contributed by atoms with Crippen molar-refractivity contribution in [3.8, 4) is 11.6 Å². The molecule has 0 aliphatic carbocycles. The quantitative estimate of drug-likeness (QED) is 0.698. The fourth-order valence-electron chi connectivity index (χ4n) is 2.10. The Bertz CT molecular complexity index is 964. The zero-order valence-corrected chi connectivity index (χ0v) is 14.4. The number of aryl methyl sites for hydroxylation is 1. The second kappa shape index (κ2) is 6.17. The summed E-state index contributed by atoms with van der Waals surface area (Å²) in [7, 11) is -0.482. The predicted molar refractivity (Wildman–Crippen MR) is 87.5 cm³/mol. The molecule has 0 spiro atoms. The van der Waals surface area contributed by atoms with Gasteiger partial charge in [0.25, 0.3) is 5.78 Å². The van der Waals surface area contributed by atoms with Gasteiger partial charge >= 0.3 is 0 Å². The highest BCUT2D eigenvalue weighted by Gasteiger charge is 2.17. The van der Waals surface area contributed by atoms with E-state index in [0.717, 1.165) is 16.4 Å². The van der Waals surface area contributed by atoms with E-state index in [1.807, 2.05) is 6.92 Å². The van der Waals surface area contributed by atoms with Crippen molar-refractivity contribution in [1.82, 2.24) is 23.9 Å². The fourth-order valence-corrected chi connectivity index (χ4v) is 3.00. The third-order valence-electron chi connectivity index (χ3n) is 3.46. The molecule has 0 aliphatic heterocycles. The first-order valence-electron chi connectivity index (χ1n) is 7.32. The molecule has 2 heterocycles. The van der Waals surface area contributed by atoms with Crippen LogP contribution in [0.3, 0.4) is 0 Å². The number of hydrogen-bond donors (Lipinski definition) is 0. The van der Waals surface area contributed by atoms with E-state index in [1.165, 1.54) is 37.1 Å². The van der Waals surface area contributed by atoms with Crippen molar-refractivity contribution >= 4 is 15.8 Å². The molecule has 2 aromatic heterocycles. The van der Waals surface area contributed by atoms with Crippen LogP contribution in [0.15, 0.2) is 41.6 Å². The minimum atomic E-state index is -3.46. The Morgan fingerprint density at radius 1 is 1.21 bits per heavy atom. The molecule has 0 saturated carbocycles. The van der Waals surface area contributed by atoms with Crippen LogP contribution in [0.2, 0.25) is 0 Å². The van der Waals surface area contributed by atoms with Gasteiger partial charge in [0.05, 0.1) is 4.90 Å². The molecule has 3 rings (SSSR count). The van der Waals surface area contributed by atoms with Crippen LogP contribution in [0.1, 0.15) is 12.6 Å². The first-order chi connectivity index (χ1) is 11.4. The summed E-state index contributed by atoms with van der Waals surface area (Å²) in [5.74, 6) is 1.42. The summed E-state index contributed by atoms with van der Waals surface area (Å²) in [6, 6.07) is 8.00. The molecule has 0 bridgehead atoms. The minimum Gasteiger partial charge on any atom is -0.439 e. The summed E-state index contributed by atoms with van der Waals surface area (Å²) in [6.07, 6.45) is 2.14. The van der Waals surface area contributed by atoms with Crippen molar-refractivity contribution in [2.24, 2.45) is 0 Å². The largest absolute Gasteiger partial charge is 0.439 e. The van der Waals surface area contributed by atoms with Gasteiger partial charge in [-0.2, -0.15) is 14.6 Å². The summed E-state index contributed by atoms with van der Waals surface area (Å²) >= 11 is 0. The smallest absolute Gasteiger partial charge is 0.255 e. The Kier molecular flexibility index (Phi) is 4.20. The zero-order valence-electron chi connectivity index (χ0n) is 13.5. The van der Waals surface area contributed by atoms with Gasteiger partial charge in [-0.3, -0.25) is 0 Å². The molecular weight excluding hydrogens is 330 g/mol. The summed E-state index contributed by atoms with van der Waals surface area (Å²) in [4.78, 5) is 8.62. The molecule has 0 aliphatic rings. The Morgan fingerprint density at radius 3 is 2.54 bits per heavy atom. The number of sulfonamides is 1. The van der Waals surface area contributed by atoms with Gasteiger partial charge in [0, 0.05) is 25.9 Å². The first kappa shape index (κ1) is 16.3. The van der Waals surface area contributed by atoms with Gasteiger partial charge in [0.2, 0.25) is 15.9 Å². The zero-order chi connectivity index (χ0) is 17.3. The van der Waals surface area contributed by atoms with Crippen LogP contribution in [0, 0.1) is 0 Å². The summed E-state index contributed by atoms with van der Waals surface area (Å²) in [5, 5.41) is 4.09. The number of ether oxygens (including phenoxy) is 1. The minimum absolute atomic E-state index is 0.203. The highest BCUT2D eigenvalue weighted by molar-refractivity contribution is 7.89. The van der Waals surface area contributed by atoms with Crippen molar-refractivity contribution in [2.75, 3.05) is 14.1 Å². The molecule has 0 radical (unpaired) electrons. The van der Waals surface area contributed by atoms with Gasteiger partial charge in [-0.25, -0.2) is 17.7 Å². The maximum atomic E-state index is 12.1. The second-order valence-electron chi connectivity index (χ2n) is 5.27. The number of aromatic nitrogens is 4. The Morgan fingerprint density at radius 2 is 1.92 bits per heavy atom. The number of hydrogen-bond acceptors (Lipinski definition) is 6. The first-order valence-corrected chi connectivity index (χ1v) is 8.76. The van der Waals surface area contributed by atoms with Crippen molar-refractivity contribution in [3.63, 3.8) is 0 Å². The lowest BCUT2D eigenvalue weighted by Gasteiger charge is -2.12. The van der Waals surface area contributed by atoms with E-state index in [4.69, 9.17) is 4.74 Å². The van der Waals surface area contributed by atoms with Crippen LogP contribution in [-0.4, -0.2) is 46.4 Å². The van der Waals surface area contributed by atoms with E-state index in [-0.39, 0.29) is 4.90 Å². The van der Waals surface area contributed by atoms with E-state index in [2.05, 4.69) is 15.1 Å². The van der Waals surface area contributed by atoms with Gasteiger partial charge in [-0.1, -0.05) is 6.92 Å². The fraction of sp³-hybridized carbons (Fsp3) is 0.267. The molecule has 3 aromatic rings. The molecule has 126 valence electrons. The molecular formula is C15H17N5O3S. The molecule has 24 heavy (non-hydrogen) atoms. The predicted octanol–water partition coefficient (Wildman–Crippen LogP) is 1.73. The number of rotatable bonds is 5. The average Bonchev–Trinajstić information content (AvgIpc) is 3.03. The highest BCUT2D eigenvalue weighted by atomic mass is 32.2. The molecule has 0 fully saturated rings. The Hall–Kier alpha value is -2.52. The normalized spacial score (nSPS) is 12.0. The lowest BCUT2D eigenvalue weighted by Crippen LogP contribution is -2.22. The van der Waals surface area contributed by atoms with Gasteiger partial charge in [-0.15, -0.1) is 0 Å². The van der Waals surface area contributed by atoms with E-state index in [9.17, 15) is 8.42 Å². The maximum absolute atomic E-state index is 12.1. The maximum Gasteiger partial charge on any atom is 0.255 e. The van der Waals surface area contributed by atoms with Crippen molar-refractivity contribution < 1.29 is 13.2 Å². The summed E-state index contributed by atoms with van der Waals surface area (Å²) in [5.41, 5.74) is 0.831. The summed E-state index contributed by atoms with van der Waals surface area (Å²) in [6.45, 7) is 1.99. The molecule has 0 amide bonds. The van der Waals surface area contributed by atoms with Crippen LogP contribution >= 0.6 is 0 Å². The van der Waals surface area contributed by atoms with Crippen LogP contribution in [0.4, 0.5) is 0 Å². The average molecular weight is 347 g/mol. The van der Waals surface area contributed by atoms with E-state index >= 15 is 0 Å². The molecule has 0 atom stereocenters. The van der Waals surface area contributed by atoms with Gasteiger partial charge in [0.1, 0.15) is 12.1 Å². The lowest BCUT2D eigenvalue weighted by atomic mass is 10.3. The Balaban J connectivity index is 1.94. The highest BCUT2D eigenvalue weighted by Crippen LogP contribution is 2.24. The van der Waals surface area contributed by atoms with Crippen molar-refractivity contribution in [2.45, 2.75) is 18.2 Å². The topological polar surface area (TPSA) is 89.7 Å². The third-order valence-corrected chi connectivity index (χ3v) is 5.29. The number of nitrogens with zero attached hydrogens (tertiary/aromatic N) is 5.